The molecule has 2 N–H and O–H groups in total. The van der Waals surface area contributed by atoms with Crippen LogP contribution in [0, 0.1) is 5.41 Å². The lowest BCUT2D eigenvalue weighted by Crippen LogP contribution is -2.50. The van der Waals surface area contributed by atoms with E-state index in [4.69, 9.17) is 4.74 Å². The Balaban J connectivity index is 1.61. The molecule has 23 heavy (non-hydrogen) atoms. The molecule has 1 unspecified atom stereocenters. The fraction of sp³-hybridized carbons (Fsp3) is 0.933. The largest absolute Gasteiger partial charge is 0.411 e. The van der Waals surface area contributed by atoms with E-state index in [1.54, 1.807) is 0 Å². The highest BCUT2D eigenvalue weighted by atomic mass is 19.4. The summed E-state index contributed by atoms with van der Waals surface area (Å²) in [5, 5.41) is 5.71. The summed E-state index contributed by atoms with van der Waals surface area (Å²) in [6.07, 6.45) is 1.20. The summed E-state index contributed by atoms with van der Waals surface area (Å²) in [4.78, 5) is 11.9. The summed E-state index contributed by atoms with van der Waals surface area (Å²) in [6.45, 7) is 0.523. The van der Waals surface area contributed by atoms with Gasteiger partial charge in [-0.3, -0.25) is 0 Å². The van der Waals surface area contributed by atoms with E-state index in [2.05, 4.69) is 15.4 Å². The van der Waals surface area contributed by atoms with Crippen LogP contribution in [-0.2, 0) is 9.47 Å². The SMILES string of the molecule is O=C(NCCCOCC(F)(F)F)NC1CCCC12CCOCC2. The minimum atomic E-state index is -4.30. The Kier molecular flexibility index (Phi) is 6.52. The van der Waals surface area contributed by atoms with Gasteiger partial charge in [0.15, 0.2) is 0 Å². The van der Waals surface area contributed by atoms with Gasteiger partial charge in [0.25, 0.3) is 0 Å². The summed E-state index contributed by atoms with van der Waals surface area (Å²) in [7, 11) is 0. The van der Waals surface area contributed by atoms with Crippen molar-refractivity contribution < 1.29 is 27.4 Å². The molecule has 1 aliphatic heterocycles. The highest BCUT2D eigenvalue weighted by Gasteiger charge is 2.44. The van der Waals surface area contributed by atoms with Crippen molar-refractivity contribution in [2.24, 2.45) is 5.41 Å². The Morgan fingerprint density at radius 3 is 2.70 bits per heavy atom. The molecule has 5 nitrogen and oxygen atoms in total. The second-order valence-electron chi connectivity index (χ2n) is 6.34. The molecule has 0 bridgehead atoms. The summed E-state index contributed by atoms with van der Waals surface area (Å²) in [5.41, 5.74) is 0.158. The van der Waals surface area contributed by atoms with E-state index >= 15 is 0 Å². The molecule has 1 aliphatic carbocycles. The number of halogens is 3. The second-order valence-corrected chi connectivity index (χ2v) is 6.34. The number of amides is 2. The maximum Gasteiger partial charge on any atom is 0.411 e. The average molecular weight is 338 g/mol. The standard InChI is InChI=1S/C15H25F3N2O3/c16-15(17,18)11-23-8-2-7-19-13(21)20-12-3-1-4-14(12)5-9-22-10-6-14/h12H,1-11H2,(H2,19,20,21). The quantitative estimate of drug-likeness (QED) is 0.732. The monoisotopic (exact) mass is 338 g/mol. The van der Waals surface area contributed by atoms with Crippen LogP contribution in [0.1, 0.15) is 38.5 Å². The molecule has 0 radical (unpaired) electrons. The molecule has 2 fully saturated rings. The number of carbonyl (C=O) groups is 1. The van der Waals surface area contributed by atoms with Gasteiger partial charge in [0.2, 0.25) is 0 Å². The third kappa shape index (κ3) is 5.84. The van der Waals surface area contributed by atoms with Gasteiger partial charge in [0, 0.05) is 32.4 Å². The molecular weight excluding hydrogens is 313 g/mol. The third-order valence-corrected chi connectivity index (χ3v) is 4.72. The number of carbonyl (C=O) groups excluding carboxylic acids is 1. The highest BCUT2D eigenvalue weighted by Crippen LogP contribution is 2.45. The van der Waals surface area contributed by atoms with Crippen molar-refractivity contribution >= 4 is 6.03 Å². The van der Waals surface area contributed by atoms with E-state index in [9.17, 15) is 18.0 Å². The Bertz CT molecular complexity index is 385. The molecular formula is C15H25F3N2O3. The zero-order valence-corrected chi connectivity index (χ0v) is 13.2. The maximum absolute atomic E-state index is 11.9. The predicted molar refractivity (Wildman–Crippen MR) is 78.2 cm³/mol. The fourth-order valence-corrected chi connectivity index (χ4v) is 3.51. The molecule has 1 saturated heterocycles. The first-order valence-electron chi connectivity index (χ1n) is 8.18. The molecule has 2 amide bonds. The number of rotatable bonds is 6. The van der Waals surface area contributed by atoms with Crippen LogP contribution >= 0.6 is 0 Å². The van der Waals surface area contributed by atoms with E-state index in [0.717, 1.165) is 45.3 Å². The maximum atomic E-state index is 11.9. The lowest BCUT2D eigenvalue weighted by atomic mass is 9.75. The number of hydrogen-bond donors (Lipinski definition) is 2. The van der Waals surface area contributed by atoms with Crippen molar-refractivity contribution in [1.82, 2.24) is 10.6 Å². The van der Waals surface area contributed by atoms with E-state index in [0.29, 0.717) is 13.0 Å². The molecule has 2 aliphatic rings. The third-order valence-electron chi connectivity index (χ3n) is 4.72. The van der Waals surface area contributed by atoms with Gasteiger partial charge in [-0.25, -0.2) is 4.79 Å². The highest BCUT2D eigenvalue weighted by molar-refractivity contribution is 5.74. The summed E-state index contributed by atoms with van der Waals surface area (Å²) < 4.78 is 45.5. The normalized spacial score (nSPS) is 23.9. The number of ether oxygens (including phenoxy) is 2. The van der Waals surface area contributed by atoms with Gasteiger partial charge in [-0.1, -0.05) is 6.42 Å². The van der Waals surface area contributed by atoms with Crippen molar-refractivity contribution in [2.45, 2.75) is 50.7 Å². The smallest absolute Gasteiger partial charge is 0.381 e. The summed E-state index contributed by atoms with van der Waals surface area (Å²) >= 11 is 0. The van der Waals surface area contributed by atoms with Gasteiger partial charge in [-0.15, -0.1) is 0 Å². The van der Waals surface area contributed by atoms with Crippen LogP contribution in [0.3, 0.4) is 0 Å². The topological polar surface area (TPSA) is 59.6 Å². The number of urea groups is 1. The Labute approximate surface area is 134 Å². The fourth-order valence-electron chi connectivity index (χ4n) is 3.51. The van der Waals surface area contributed by atoms with Gasteiger partial charge >= 0.3 is 12.2 Å². The molecule has 134 valence electrons. The van der Waals surface area contributed by atoms with Crippen LogP contribution in [0.4, 0.5) is 18.0 Å². The van der Waals surface area contributed by atoms with Crippen LogP contribution in [0.25, 0.3) is 0 Å². The van der Waals surface area contributed by atoms with Crippen LogP contribution in [0.2, 0.25) is 0 Å². The Morgan fingerprint density at radius 1 is 1.26 bits per heavy atom. The molecule has 0 aromatic rings. The van der Waals surface area contributed by atoms with Crippen LogP contribution in [-0.4, -0.2) is 51.2 Å². The number of nitrogens with one attached hydrogen (secondary N) is 2. The molecule has 1 spiro atoms. The van der Waals surface area contributed by atoms with Crippen molar-refractivity contribution in [3.63, 3.8) is 0 Å². The lowest BCUT2D eigenvalue weighted by molar-refractivity contribution is -0.173. The van der Waals surface area contributed by atoms with Crippen LogP contribution in [0.5, 0.6) is 0 Å². The van der Waals surface area contributed by atoms with Crippen molar-refractivity contribution in [3.05, 3.63) is 0 Å². The Hall–Kier alpha value is -1.02. The van der Waals surface area contributed by atoms with Gasteiger partial charge in [-0.2, -0.15) is 13.2 Å². The van der Waals surface area contributed by atoms with Gasteiger partial charge in [0.1, 0.15) is 6.61 Å². The van der Waals surface area contributed by atoms with Crippen LogP contribution in [0.15, 0.2) is 0 Å². The average Bonchev–Trinajstić information content (AvgIpc) is 2.84. The number of hydrogen-bond acceptors (Lipinski definition) is 3. The second kappa shape index (κ2) is 8.19. The first-order chi connectivity index (χ1) is 10.9. The summed E-state index contributed by atoms with van der Waals surface area (Å²) in [6, 6.07) is -0.0912. The molecule has 1 heterocycles. The van der Waals surface area contributed by atoms with Gasteiger partial charge in [0.05, 0.1) is 0 Å². The van der Waals surface area contributed by atoms with Gasteiger partial charge in [-0.05, 0) is 37.5 Å². The van der Waals surface area contributed by atoms with Crippen molar-refractivity contribution in [3.8, 4) is 0 Å². The van der Waals surface area contributed by atoms with Crippen molar-refractivity contribution in [1.29, 1.82) is 0 Å². The molecule has 8 heteroatoms. The molecule has 2 rings (SSSR count). The lowest BCUT2D eigenvalue weighted by Gasteiger charge is -2.39. The minimum absolute atomic E-state index is 0.0233. The zero-order chi connectivity index (χ0) is 16.8. The summed E-state index contributed by atoms with van der Waals surface area (Å²) in [5.74, 6) is 0. The predicted octanol–water partition coefficient (Wildman–Crippen LogP) is 2.60. The first-order valence-corrected chi connectivity index (χ1v) is 8.18. The molecule has 1 atom stereocenters. The van der Waals surface area contributed by atoms with Crippen LogP contribution < -0.4 is 10.6 Å². The molecule has 0 aromatic heterocycles. The molecule has 0 aromatic carbocycles. The first kappa shape index (κ1) is 18.3. The van der Waals surface area contributed by atoms with E-state index in [1.165, 1.54) is 0 Å². The van der Waals surface area contributed by atoms with E-state index in [-0.39, 0.29) is 24.1 Å². The van der Waals surface area contributed by atoms with E-state index in [1.807, 2.05) is 0 Å². The van der Waals surface area contributed by atoms with E-state index < -0.39 is 12.8 Å². The number of alkyl halides is 3. The van der Waals surface area contributed by atoms with Gasteiger partial charge < -0.3 is 20.1 Å². The Morgan fingerprint density at radius 2 is 2.00 bits per heavy atom. The zero-order valence-electron chi connectivity index (χ0n) is 13.2. The minimum Gasteiger partial charge on any atom is -0.381 e. The van der Waals surface area contributed by atoms with Crippen molar-refractivity contribution in [2.75, 3.05) is 33.0 Å². The molecule has 1 saturated carbocycles.